The molecule has 1 heterocycles. The summed E-state index contributed by atoms with van der Waals surface area (Å²) >= 11 is 0. The van der Waals surface area contributed by atoms with Gasteiger partial charge in [-0.2, -0.15) is 13.2 Å². The number of halogens is 4. The molecule has 0 spiro atoms. The standard InChI is InChI=1S/C17H20F3N2.HI/c1-5-12-10-22(4)11-15(16(12)21(2)3)13-7-6-8-14(9-13)17(18,19)20;/h6-11H,5H2,1-4H3;1H/q+1;/p-1. The Morgan fingerprint density at radius 3 is 2.30 bits per heavy atom. The highest BCUT2D eigenvalue weighted by molar-refractivity contribution is 5.79. The van der Waals surface area contributed by atoms with E-state index in [1.54, 1.807) is 6.07 Å². The molecule has 2 aromatic rings. The molecule has 0 aliphatic heterocycles. The van der Waals surface area contributed by atoms with Gasteiger partial charge in [0.05, 0.1) is 16.8 Å². The molecule has 0 atom stereocenters. The molecule has 2 rings (SSSR count). The molecule has 0 bridgehead atoms. The fourth-order valence-corrected chi connectivity index (χ4v) is 2.64. The number of aromatic nitrogens is 1. The van der Waals surface area contributed by atoms with Crippen LogP contribution in [0.15, 0.2) is 36.7 Å². The zero-order valence-electron chi connectivity index (χ0n) is 13.6. The second kappa shape index (κ2) is 7.51. The van der Waals surface area contributed by atoms with Crippen LogP contribution in [0.4, 0.5) is 18.9 Å². The van der Waals surface area contributed by atoms with E-state index < -0.39 is 11.7 Å². The Hall–Kier alpha value is -1.31. The third-order valence-electron chi connectivity index (χ3n) is 3.58. The zero-order valence-corrected chi connectivity index (χ0v) is 15.7. The van der Waals surface area contributed by atoms with Crippen molar-refractivity contribution in [3.8, 4) is 11.1 Å². The second-order valence-corrected chi connectivity index (χ2v) is 5.54. The third kappa shape index (κ3) is 4.37. The van der Waals surface area contributed by atoms with Crippen LogP contribution in [-0.4, -0.2) is 14.1 Å². The average molecular weight is 436 g/mol. The minimum atomic E-state index is -4.33. The third-order valence-corrected chi connectivity index (χ3v) is 3.58. The number of hydrogen-bond donors (Lipinski definition) is 0. The fraction of sp³-hybridized carbons (Fsp3) is 0.353. The predicted octanol–water partition coefficient (Wildman–Crippen LogP) is 0.829. The minimum absolute atomic E-state index is 0. The molecule has 1 aromatic carbocycles. The maximum atomic E-state index is 13.0. The monoisotopic (exact) mass is 436 g/mol. The minimum Gasteiger partial charge on any atom is -1.00 e. The maximum absolute atomic E-state index is 13.0. The number of alkyl halides is 3. The highest BCUT2D eigenvalue weighted by Crippen LogP contribution is 2.36. The number of aryl methyl sites for hydroxylation is 2. The Kier molecular flexibility index (Phi) is 6.44. The number of anilines is 1. The van der Waals surface area contributed by atoms with Crippen LogP contribution in [0, 0.1) is 0 Å². The number of hydrogen-bond acceptors (Lipinski definition) is 1. The zero-order chi connectivity index (χ0) is 16.5. The van der Waals surface area contributed by atoms with Gasteiger partial charge in [-0.1, -0.05) is 19.1 Å². The number of nitrogens with zero attached hydrogens (tertiary/aromatic N) is 2. The van der Waals surface area contributed by atoms with Gasteiger partial charge in [0.2, 0.25) is 0 Å². The smallest absolute Gasteiger partial charge is 0.416 e. The van der Waals surface area contributed by atoms with Gasteiger partial charge >= 0.3 is 6.18 Å². The summed E-state index contributed by atoms with van der Waals surface area (Å²) in [7, 11) is 5.70. The Morgan fingerprint density at radius 2 is 1.78 bits per heavy atom. The van der Waals surface area contributed by atoms with Crippen LogP contribution >= 0.6 is 0 Å². The van der Waals surface area contributed by atoms with Crippen molar-refractivity contribution in [2.45, 2.75) is 19.5 Å². The largest absolute Gasteiger partial charge is 1.00 e. The van der Waals surface area contributed by atoms with E-state index in [9.17, 15) is 13.2 Å². The summed E-state index contributed by atoms with van der Waals surface area (Å²) in [6, 6.07) is 5.48. The number of rotatable bonds is 3. The summed E-state index contributed by atoms with van der Waals surface area (Å²) in [5.74, 6) is 0. The second-order valence-electron chi connectivity index (χ2n) is 5.54. The van der Waals surface area contributed by atoms with Gasteiger partial charge in [0, 0.05) is 19.7 Å². The molecule has 1 aromatic heterocycles. The first kappa shape index (κ1) is 19.7. The van der Waals surface area contributed by atoms with E-state index in [0.717, 1.165) is 29.3 Å². The van der Waals surface area contributed by atoms with E-state index in [-0.39, 0.29) is 24.0 Å². The van der Waals surface area contributed by atoms with E-state index in [4.69, 9.17) is 0 Å². The van der Waals surface area contributed by atoms with Gasteiger partial charge in [-0.15, -0.1) is 0 Å². The summed E-state index contributed by atoms with van der Waals surface area (Å²) in [5, 5.41) is 0. The average Bonchev–Trinajstić information content (AvgIpc) is 2.45. The van der Waals surface area contributed by atoms with Crippen LogP contribution in [0.5, 0.6) is 0 Å². The van der Waals surface area contributed by atoms with Crippen molar-refractivity contribution in [3.63, 3.8) is 0 Å². The van der Waals surface area contributed by atoms with E-state index in [0.29, 0.717) is 5.56 Å². The fourth-order valence-electron chi connectivity index (χ4n) is 2.64. The lowest BCUT2D eigenvalue weighted by Crippen LogP contribution is -3.00. The number of pyridine rings is 1. The van der Waals surface area contributed by atoms with Gasteiger partial charge in [-0.05, 0) is 24.1 Å². The van der Waals surface area contributed by atoms with Gasteiger partial charge in [-0.3, -0.25) is 0 Å². The van der Waals surface area contributed by atoms with Crippen LogP contribution in [0.3, 0.4) is 0 Å². The van der Waals surface area contributed by atoms with E-state index in [2.05, 4.69) is 0 Å². The SMILES string of the molecule is CCc1c[n+](C)cc(-c2cccc(C(F)(F)F)c2)c1N(C)C.[I-]. The molecule has 0 aliphatic carbocycles. The van der Waals surface area contributed by atoms with Gasteiger partial charge < -0.3 is 28.9 Å². The van der Waals surface area contributed by atoms with Crippen molar-refractivity contribution in [2.75, 3.05) is 19.0 Å². The summed E-state index contributed by atoms with van der Waals surface area (Å²) in [6.45, 7) is 2.04. The molecule has 0 radical (unpaired) electrons. The molecule has 126 valence electrons. The Labute approximate surface area is 152 Å². The van der Waals surface area contributed by atoms with E-state index in [1.807, 2.05) is 49.9 Å². The van der Waals surface area contributed by atoms with Gasteiger partial charge in [0.25, 0.3) is 0 Å². The molecule has 0 saturated heterocycles. The first-order valence-corrected chi connectivity index (χ1v) is 7.11. The van der Waals surface area contributed by atoms with Crippen LogP contribution in [0.25, 0.3) is 11.1 Å². The van der Waals surface area contributed by atoms with E-state index in [1.165, 1.54) is 12.1 Å². The van der Waals surface area contributed by atoms with Gasteiger partial charge in [-0.25, -0.2) is 4.57 Å². The quantitative estimate of drug-likeness (QED) is 0.511. The van der Waals surface area contributed by atoms with Gasteiger partial charge in [0.1, 0.15) is 7.05 Å². The molecule has 2 nitrogen and oxygen atoms in total. The van der Waals surface area contributed by atoms with Crippen molar-refractivity contribution < 1.29 is 41.7 Å². The van der Waals surface area contributed by atoms with Crippen LogP contribution in [0.2, 0.25) is 0 Å². The summed E-state index contributed by atoms with van der Waals surface area (Å²) in [6.07, 6.45) is 0.351. The number of benzene rings is 1. The molecule has 0 unspecified atom stereocenters. The summed E-state index contributed by atoms with van der Waals surface area (Å²) in [5.41, 5.74) is 2.81. The van der Waals surface area contributed by atoms with Crippen molar-refractivity contribution >= 4 is 5.69 Å². The first-order chi connectivity index (χ1) is 10.2. The van der Waals surface area contributed by atoms with Crippen LogP contribution in [-0.2, 0) is 19.6 Å². The Bertz CT molecular complexity index is 682. The molecule has 0 amide bonds. The van der Waals surface area contributed by atoms with Crippen molar-refractivity contribution in [3.05, 3.63) is 47.8 Å². The van der Waals surface area contributed by atoms with Crippen molar-refractivity contribution in [1.29, 1.82) is 0 Å². The molecule has 0 saturated carbocycles. The van der Waals surface area contributed by atoms with Crippen LogP contribution < -0.4 is 33.4 Å². The Balaban J connectivity index is 0.00000264. The summed E-state index contributed by atoms with van der Waals surface area (Å²) < 4.78 is 40.7. The molecule has 23 heavy (non-hydrogen) atoms. The van der Waals surface area contributed by atoms with Crippen molar-refractivity contribution in [2.24, 2.45) is 7.05 Å². The van der Waals surface area contributed by atoms with Crippen LogP contribution in [0.1, 0.15) is 18.1 Å². The first-order valence-electron chi connectivity index (χ1n) is 7.11. The molecule has 6 heteroatoms. The highest BCUT2D eigenvalue weighted by Gasteiger charge is 2.31. The topological polar surface area (TPSA) is 7.12 Å². The highest BCUT2D eigenvalue weighted by atomic mass is 127. The molecular weight excluding hydrogens is 416 g/mol. The van der Waals surface area contributed by atoms with Gasteiger partial charge in [0.15, 0.2) is 12.4 Å². The lowest BCUT2D eigenvalue weighted by atomic mass is 9.99. The molecular formula is C17H20F3IN2. The molecule has 0 N–H and O–H groups in total. The lowest BCUT2D eigenvalue weighted by molar-refractivity contribution is -0.671. The normalized spacial score (nSPS) is 11.1. The summed E-state index contributed by atoms with van der Waals surface area (Å²) in [4.78, 5) is 1.95. The molecule has 0 aliphatic rings. The molecule has 0 fully saturated rings. The van der Waals surface area contributed by atoms with E-state index >= 15 is 0 Å². The Morgan fingerprint density at radius 1 is 1.13 bits per heavy atom. The van der Waals surface area contributed by atoms with Crippen molar-refractivity contribution in [1.82, 2.24) is 0 Å². The lowest BCUT2D eigenvalue weighted by Gasteiger charge is -2.20. The maximum Gasteiger partial charge on any atom is 0.416 e. The predicted molar refractivity (Wildman–Crippen MR) is 81.8 cm³/mol.